The number of benzene rings is 1. The van der Waals surface area contributed by atoms with Gasteiger partial charge in [-0.05, 0) is 24.8 Å². The first-order valence-electron chi connectivity index (χ1n) is 3.75. The van der Waals surface area contributed by atoms with Crippen LogP contribution < -0.4 is 0 Å². The van der Waals surface area contributed by atoms with Crippen molar-refractivity contribution in [1.82, 2.24) is 0 Å². The van der Waals surface area contributed by atoms with E-state index in [1.165, 1.54) is 0 Å². The van der Waals surface area contributed by atoms with Gasteiger partial charge in [-0.25, -0.2) is 4.39 Å². The fraction of sp³-hybridized carbons (Fsp3) is 0.333. The van der Waals surface area contributed by atoms with Crippen molar-refractivity contribution in [2.45, 2.75) is 18.8 Å². The molecule has 2 rings (SSSR count). The Morgan fingerprint density at radius 1 is 1.42 bits per heavy atom. The standard InChI is InChI=1S/C9H6Cl2F/c10-6-3-7(11)9(5-1-2-5)8(12)4-6/h3,5H,1-2H2. The largest absolute Gasteiger partial charge is 0.206 e. The number of halogens is 3. The molecule has 0 bridgehead atoms. The second-order valence-corrected chi connectivity index (χ2v) is 3.78. The van der Waals surface area contributed by atoms with Crippen molar-refractivity contribution < 1.29 is 4.39 Å². The Morgan fingerprint density at radius 3 is 2.58 bits per heavy atom. The summed E-state index contributed by atoms with van der Waals surface area (Å²) in [6.45, 7) is 0. The zero-order valence-electron chi connectivity index (χ0n) is 6.20. The van der Waals surface area contributed by atoms with Gasteiger partial charge in [-0.3, -0.25) is 0 Å². The van der Waals surface area contributed by atoms with Crippen LogP contribution in [0.3, 0.4) is 0 Å². The molecule has 1 aliphatic rings. The molecule has 0 heterocycles. The molecule has 0 spiro atoms. The van der Waals surface area contributed by atoms with Crippen LogP contribution in [0.4, 0.5) is 4.39 Å². The highest BCUT2D eigenvalue weighted by molar-refractivity contribution is 6.35. The van der Waals surface area contributed by atoms with E-state index in [1.54, 1.807) is 6.07 Å². The third-order valence-corrected chi connectivity index (χ3v) is 2.48. The highest BCUT2D eigenvalue weighted by Crippen LogP contribution is 2.44. The van der Waals surface area contributed by atoms with Crippen LogP contribution in [0.1, 0.15) is 24.3 Å². The van der Waals surface area contributed by atoms with Gasteiger partial charge >= 0.3 is 0 Å². The maximum atomic E-state index is 13.2. The Labute approximate surface area is 80.3 Å². The molecular formula is C9H6Cl2F. The molecule has 0 atom stereocenters. The van der Waals surface area contributed by atoms with Gasteiger partial charge in [0.15, 0.2) is 0 Å². The van der Waals surface area contributed by atoms with Gasteiger partial charge in [0, 0.05) is 16.7 Å². The van der Waals surface area contributed by atoms with Gasteiger partial charge in [0.05, 0.1) is 5.02 Å². The van der Waals surface area contributed by atoms with Crippen LogP contribution in [0.2, 0.25) is 10.0 Å². The van der Waals surface area contributed by atoms with Crippen molar-refractivity contribution in [2.24, 2.45) is 0 Å². The Kier molecular flexibility index (Phi) is 2.01. The van der Waals surface area contributed by atoms with E-state index in [1.807, 2.05) is 0 Å². The predicted octanol–water partition coefficient (Wildman–Crippen LogP) is 3.81. The smallest absolute Gasteiger partial charge is 0.137 e. The summed E-state index contributed by atoms with van der Waals surface area (Å²) in [5.74, 6) is -0.0963. The van der Waals surface area contributed by atoms with Crippen LogP contribution in [0.25, 0.3) is 0 Å². The lowest BCUT2D eigenvalue weighted by molar-refractivity contribution is 0.609. The molecule has 0 amide bonds. The molecule has 1 aliphatic carbocycles. The molecule has 1 radical (unpaired) electrons. The monoisotopic (exact) mass is 203 g/mol. The minimum atomic E-state index is -0.394. The van der Waals surface area contributed by atoms with Gasteiger partial charge in [-0.1, -0.05) is 23.2 Å². The Hall–Kier alpha value is -0.270. The third kappa shape index (κ3) is 1.44. The van der Waals surface area contributed by atoms with Gasteiger partial charge in [0.25, 0.3) is 0 Å². The molecule has 1 aromatic carbocycles. The number of hydrogen-bond donors (Lipinski definition) is 0. The van der Waals surface area contributed by atoms with E-state index >= 15 is 0 Å². The molecule has 0 nitrogen and oxygen atoms in total. The lowest BCUT2D eigenvalue weighted by Gasteiger charge is -2.03. The molecule has 0 aliphatic heterocycles. The highest BCUT2D eigenvalue weighted by Gasteiger charge is 2.29. The summed E-state index contributed by atoms with van der Waals surface area (Å²) in [4.78, 5) is 0. The van der Waals surface area contributed by atoms with Crippen LogP contribution in [0.15, 0.2) is 6.07 Å². The molecule has 0 saturated heterocycles. The molecule has 12 heavy (non-hydrogen) atoms. The first-order chi connectivity index (χ1) is 5.68. The van der Waals surface area contributed by atoms with Crippen molar-refractivity contribution in [3.05, 3.63) is 33.6 Å². The molecule has 0 aromatic heterocycles. The van der Waals surface area contributed by atoms with Crippen molar-refractivity contribution >= 4 is 23.2 Å². The van der Waals surface area contributed by atoms with E-state index in [0.29, 0.717) is 16.5 Å². The molecule has 0 N–H and O–H groups in total. The second-order valence-electron chi connectivity index (χ2n) is 2.97. The summed E-state index contributed by atoms with van der Waals surface area (Å²) in [5.41, 5.74) is 0.584. The van der Waals surface area contributed by atoms with Gasteiger partial charge in [0.2, 0.25) is 0 Å². The average Bonchev–Trinajstić information content (AvgIpc) is 2.68. The van der Waals surface area contributed by atoms with E-state index in [2.05, 4.69) is 6.07 Å². The van der Waals surface area contributed by atoms with Gasteiger partial charge in [-0.2, -0.15) is 0 Å². The van der Waals surface area contributed by atoms with Gasteiger partial charge in [0.1, 0.15) is 5.82 Å². The van der Waals surface area contributed by atoms with Crippen LogP contribution in [0.5, 0.6) is 0 Å². The average molecular weight is 204 g/mol. The number of rotatable bonds is 1. The highest BCUT2D eigenvalue weighted by atomic mass is 35.5. The van der Waals surface area contributed by atoms with Gasteiger partial charge < -0.3 is 0 Å². The maximum absolute atomic E-state index is 13.2. The normalized spacial score (nSPS) is 16.6. The van der Waals surface area contributed by atoms with E-state index < -0.39 is 5.82 Å². The number of hydrogen-bond acceptors (Lipinski definition) is 0. The van der Waals surface area contributed by atoms with Crippen molar-refractivity contribution in [3.63, 3.8) is 0 Å². The first-order valence-corrected chi connectivity index (χ1v) is 4.51. The Bertz CT molecular complexity index is 295. The van der Waals surface area contributed by atoms with E-state index in [4.69, 9.17) is 23.2 Å². The van der Waals surface area contributed by atoms with Gasteiger partial charge in [-0.15, -0.1) is 0 Å². The summed E-state index contributed by atoms with van der Waals surface area (Å²) in [5, 5.41) is 0.667. The lowest BCUT2D eigenvalue weighted by atomic mass is 10.1. The van der Waals surface area contributed by atoms with Crippen LogP contribution in [-0.2, 0) is 0 Å². The van der Waals surface area contributed by atoms with Crippen LogP contribution >= 0.6 is 23.2 Å². The zero-order chi connectivity index (χ0) is 8.72. The fourth-order valence-corrected chi connectivity index (χ4v) is 1.84. The summed E-state index contributed by atoms with van der Waals surface area (Å²) in [7, 11) is 0. The third-order valence-electron chi connectivity index (χ3n) is 1.96. The summed E-state index contributed by atoms with van der Waals surface area (Å²) in [6.07, 6.45) is 2.04. The molecule has 1 saturated carbocycles. The molecular weight excluding hydrogens is 198 g/mol. The molecule has 3 heteroatoms. The van der Waals surface area contributed by atoms with Crippen molar-refractivity contribution in [1.29, 1.82) is 0 Å². The van der Waals surface area contributed by atoms with Crippen LogP contribution in [0, 0.1) is 11.9 Å². The van der Waals surface area contributed by atoms with Crippen molar-refractivity contribution in [2.75, 3.05) is 0 Å². The summed E-state index contributed by atoms with van der Waals surface area (Å²) in [6, 6.07) is 3.96. The first kappa shape index (κ1) is 8.33. The Balaban J connectivity index is 2.51. The molecule has 1 fully saturated rings. The SMILES string of the molecule is Fc1[c]c(Cl)cc(Cl)c1C1CC1. The van der Waals surface area contributed by atoms with E-state index in [-0.39, 0.29) is 5.02 Å². The summed E-state index contributed by atoms with van der Waals surface area (Å²) >= 11 is 11.4. The Morgan fingerprint density at radius 2 is 2.08 bits per heavy atom. The minimum absolute atomic E-state index is 0.238. The fourth-order valence-electron chi connectivity index (χ4n) is 1.25. The minimum Gasteiger partial charge on any atom is -0.206 e. The summed E-state index contributed by atoms with van der Waals surface area (Å²) < 4.78 is 13.2. The molecule has 1 aromatic rings. The lowest BCUT2D eigenvalue weighted by Crippen LogP contribution is -1.89. The molecule has 0 unspecified atom stereocenters. The maximum Gasteiger partial charge on any atom is 0.137 e. The van der Waals surface area contributed by atoms with Crippen molar-refractivity contribution in [3.8, 4) is 0 Å². The molecule has 63 valence electrons. The second kappa shape index (κ2) is 2.90. The van der Waals surface area contributed by atoms with E-state index in [0.717, 1.165) is 12.8 Å². The van der Waals surface area contributed by atoms with Crippen LogP contribution in [-0.4, -0.2) is 0 Å². The zero-order valence-corrected chi connectivity index (χ0v) is 7.71. The topological polar surface area (TPSA) is 0 Å². The quantitative estimate of drug-likeness (QED) is 0.652. The van der Waals surface area contributed by atoms with E-state index in [9.17, 15) is 4.39 Å². The predicted molar refractivity (Wildman–Crippen MR) is 47.2 cm³/mol.